The molecule has 1 fully saturated rings. The van der Waals surface area contributed by atoms with E-state index < -0.39 is 0 Å². The van der Waals surface area contributed by atoms with Gasteiger partial charge < -0.3 is 4.74 Å². The standard InChI is InChI=1S/C12H14O2/c1-8-4-3-5-10(12(8)14-2)9-6-7-11(9)13/h3-5,9H,6-7H2,1-2H3. The van der Waals surface area contributed by atoms with Crippen molar-refractivity contribution < 1.29 is 9.53 Å². The molecule has 0 N–H and O–H groups in total. The summed E-state index contributed by atoms with van der Waals surface area (Å²) in [6.07, 6.45) is 1.69. The van der Waals surface area contributed by atoms with Crippen molar-refractivity contribution in [2.24, 2.45) is 0 Å². The lowest BCUT2D eigenvalue weighted by molar-refractivity contribution is -0.125. The van der Waals surface area contributed by atoms with Crippen LogP contribution in [0.2, 0.25) is 0 Å². The fraction of sp³-hybridized carbons (Fsp3) is 0.417. The van der Waals surface area contributed by atoms with Crippen molar-refractivity contribution in [3.05, 3.63) is 29.3 Å². The highest BCUT2D eigenvalue weighted by Crippen LogP contribution is 2.39. The van der Waals surface area contributed by atoms with Gasteiger partial charge in [-0.15, -0.1) is 0 Å². The number of carbonyl (C=O) groups excluding carboxylic acids is 1. The largest absolute Gasteiger partial charge is 0.496 e. The molecule has 0 heterocycles. The molecular formula is C12H14O2. The summed E-state index contributed by atoms with van der Waals surface area (Å²) in [7, 11) is 1.66. The number of Topliss-reactive ketones (excluding diaryl/α,β-unsaturated/α-hetero) is 1. The van der Waals surface area contributed by atoms with Crippen molar-refractivity contribution in [2.45, 2.75) is 25.7 Å². The van der Waals surface area contributed by atoms with E-state index in [1.807, 2.05) is 25.1 Å². The third-order valence-corrected chi connectivity index (χ3v) is 2.89. The highest BCUT2D eigenvalue weighted by Gasteiger charge is 2.31. The number of ketones is 1. The number of para-hydroxylation sites is 1. The first kappa shape index (κ1) is 9.25. The van der Waals surface area contributed by atoms with Crippen molar-refractivity contribution in [2.75, 3.05) is 7.11 Å². The molecule has 0 amide bonds. The van der Waals surface area contributed by atoms with Crippen LogP contribution in [0.5, 0.6) is 5.75 Å². The van der Waals surface area contributed by atoms with E-state index in [1.165, 1.54) is 0 Å². The maximum absolute atomic E-state index is 11.4. The van der Waals surface area contributed by atoms with Gasteiger partial charge >= 0.3 is 0 Å². The minimum Gasteiger partial charge on any atom is -0.496 e. The number of ether oxygens (including phenoxy) is 1. The van der Waals surface area contributed by atoms with Crippen LogP contribution in [-0.4, -0.2) is 12.9 Å². The molecule has 1 atom stereocenters. The Morgan fingerprint density at radius 1 is 1.43 bits per heavy atom. The van der Waals surface area contributed by atoms with Gasteiger partial charge in [-0.25, -0.2) is 0 Å². The topological polar surface area (TPSA) is 26.3 Å². The number of hydrogen-bond donors (Lipinski definition) is 0. The molecule has 1 unspecified atom stereocenters. The minimum atomic E-state index is 0.0878. The van der Waals surface area contributed by atoms with Crippen LogP contribution in [0.4, 0.5) is 0 Å². The third kappa shape index (κ3) is 1.31. The number of benzene rings is 1. The fourth-order valence-electron chi connectivity index (χ4n) is 1.96. The lowest BCUT2D eigenvalue weighted by atomic mass is 9.78. The number of carbonyl (C=O) groups is 1. The Hall–Kier alpha value is -1.31. The first-order chi connectivity index (χ1) is 6.74. The highest BCUT2D eigenvalue weighted by molar-refractivity contribution is 5.91. The van der Waals surface area contributed by atoms with Gasteiger partial charge in [0.2, 0.25) is 0 Å². The van der Waals surface area contributed by atoms with E-state index in [9.17, 15) is 4.79 Å². The molecule has 0 aliphatic heterocycles. The minimum absolute atomic E-state index is 0.0878. The van der Waals surface area contributed by atoms with Crippen LogP contribution in [-0.2, 0) is 4.79 Å². The Kier molecular flexibility index (Phi) is 2.28. The molecule has 0 bridgehead atoms. The smallest absolute Gasteiger partial charge is 0.140 e. The molecule has 74 valence electrons. The zero-order chi connectivity index (χ0) is 10.1. The van der Waals surface area contributed by atoms with Crippen LogP contribution in [0, 0.1) is 6.92 Å². The monoisotopic (exact) mass is 190 g/mol. The van der Waals surface area contributed by atoms with Gasteiger partial charge in [-0.3, -0.25) is 4.79 Å². The van der Waals surface area contributed by atoms with E-state index in [1.54, 1.807) is 7.11 Å². The zero-order valence-electron chi connectivity index (χ0n) is 8.54. The first-order valence-corrected chi connectivity index (χ1v) is 4.90. The van der Waals surface area contributed by atoms with Crippen LogP contribution < -0.4 is 4.74 Å². The predicted molar refractivity (Wildman–Crippen MR) is 54.7 cm³/mol. The molecule has 1 aromatic carbocycles. The summed E-state index contributed by atoms with van der Waals surface area (Å²) in [6, 6.07) is 5.98. The lowest BCUT2D eigenvalue weighted by Crippen LogP contribution is -2.23. The first-order valence-electron chi connectivity index (χ1n) is 4.90. The lowest BCUT2D eigenvalue weighted by Gasteiger charge is -2.26. The van der Waals surface area contributed by atoms with Crippen LogP contribution in [0.3, 0.4) is 0 Å². The molecular weight excluding hydrogens is 176 g/mol. The number of aryl methyl sites for hydroxylation is 1. The summed E-state index contributed by atoms with van der Waals surface area (Å²) in [5, 5.41) is 0. The summed E-state index contributed by atoms with van der Waals surface area (Å²) in [6.45, 7) is 2.01. The van der Waals surface area contributed by atoms with Crippen molar-refractivity contribution in [1.29, 1.82) is 0 Å². The van der Waals surface area contributed by atoms with Crippen molar-refractivity contribution in [3.63, 3.8) is 0 Å². The van der Waals surface area contributed by atoms with Crippen LogP contribution in [0.25, 0.3) is 0 Å². The van der Waals surface area contributed by atoms with E-state index in [2.05, 4.69) is 0 Å². The SMILES string of the molecule is COc1c(C)cccc1C1CCC1=O. The molecule has 1 saturated carbocycles. The summed E-state index contributed by atoms with van der Waals surface area (Å²) < 4.78 is 5.33. The van der Waals surface area contributed by atoms with Crippen molar-refractivity contribution in [3.8, 4) is 5.75 Å². The molecule has 0 spiro atoms. The average Bonchev–Trinajstić information content (AvgIpc) is 2.16. The second-order valence-corrected chi connectivity index (χ2v) is 3.75. The van der Waals surface area contributed by atoms with Gasteiger partial charge in [-0.05, 0) is 18.9 Å². The molecule has 2 heteroatoms. The second kappa shape index (κ2) is 3.45. The molecule has 14 heavy (non-hydrogen) atoms. The van der Waals surface area contributed by atoms with Gasteiger partial charge in [0, 0.05) is 17.9 Å². The summed E-state index contributed by atoms with van der Waals surface area (Å²) in [4.78, 5) is 11.4. The molecule has 0 radical (unpaired) electrons. The van der Waals surface area contributed by atoms with Gasteiger partial charge in [0.05, 0.1) is 7.11 Å². The van der Waals surface area contributed by atoms with Gasteiger partial charge in [0.25, 0.3) is 0 Å². The van der Waals surface area contributed by atoms with E-state index in [0.717, 1.165) is 29.7 Å². The summed E-state index contributed by atoms with van der Waals surface area (Å²) >= 11 is 0. The normalized spacial score (nSPS) is 20.4. The highest BCUT2D eigenvalue weighted by atomic mass is 16.5. The molecule has 2 nitrogen and oxygen atoms in total. The van der Waals surface area contributed by atoms with Crippen LogP contribution >= 0.6 is 0 Å². The van der Waals surface area contributed by atoms with Gasteiger partial charge in [-0.1, -0.05) is 18.2 Å². The maximum atomic E-state index is 11.4. The maximum Gasteiger partial charge on any atom is 0.140 e. The van der Waals surface area contributed by atoms with Crippen LogP contribution in [0.1, 0.15) is 29.9 Å². The zero-order valence-corrected chi connectivity index (χ0v) is 8.54. The molecule has 1 aliphatic rings. The molecule has 1 aromatic rings. The fourth-order valence-corrected chi connectivity index (χ4v) is 1.96. The molecule has 0 saturated heterocycles. The average molecular weight is 190 g/mol. The molecule has 0 aromatic heterocycles. The number of methoxy groups -OCH3 is 1. The van der Waals surface area contributed by atoms with Gasteiger partial charge in [-0.2, -0.15) is 0 Å². The summed E-state index contributed by atoms with van der Waals surface area (Å²) in [5.41, 5.74) is 2.16. The Morgan fingerprint density at radius 3 is 2.71 bits per heavy atom. The second-order valence-electron chi connectivity index (χ2n) is 3.75. The molecule has 2 rings (SSSR count). The molecule has 1 aliphatic carbocycles. The van der Waals surface area contributed by atoms with E-state index in [4.69, 9.17) is 4.74 Å². The van der Waals surface area contributed by atoms with Crippen molar-refractivity contribution in [1.82, 2.24) is 0 Å². The van der Waals surface area contributed by atoms with Crippen molar-refractivity contribution >= 4 is 5.78 Å². The Balaban J connectivity index is 2.41. The predicted octanol–water partition coefficient (Wildman–Crippen LogP) is 2.45. The van der Waals surface area contributed by atoms with E-state index in [-0.39, 0.29) is 5.92 Å². The number of hydrogen-bond acceptors (Lipinski definition) is 2. The number of rotatable bonds is 2. The third-order valence-electron chi connectivity index (χ3n) is 2.89. The Labute approximate surface area is 83.9 Å². The summed E-state index contributed by atoms with van der Waals surface area (Å²) in [5.74, 6) is 1.31. The Bertz CT molecular complexity index is 369. The quantitative estimate of drug-likeness (QED) is 0.716. The van der Waals surface area contributed by atoms with E-state index in [0.29, 0.717) is 5.78 Å². The Morgan fingerprint density at radius 2 is 2.21 bits per heavy atom. The van der Waals surface area contributed by atoms with Gasteiger partial charge in [0.15, 0.2) is 0 Å². The van der Waals surface area contributed by atoms with Gasteiger partial charge in [0.1, 0.15) is 11.5 Å². The van der Waals surface area contributed by atoms with E-state index >= 15 is 0 Å². The van der Waals surface area contributed by atoms with Crippen LogP contribution in [0.15, 0.2) is 18.2 Å².